The number of pyridine rings is 1. The Morgan fingerprint density at radius 3 is 2.75 bits per heavy atom. The van der Waals surface area contributed by atoms with Gasteiger partial charge in [0.1, 0.15) is 6.61 Å². The van der Waals surface area contributed by atoms with Crippen molar-refractivity contribution in [3.8, 4) is 17.4 Å². The van der Waals surface area contributed by atoms with Gasteiger partial charge in [-0.05, 0) is 24.8 Å². The minimum atomic E-state index is -0.412. The number of ether oxygens (including phenoxy) is 3. The van der Waals surface area contributed by atoms with E-state index in [0.717, 1.165) is 29.7 Å². The van der Waals surface area contributed by atoms with Crippen LogP contribution in [0.3, 0.4) is 0 Å². The molecule has 2 heterocycles. The van der Waals surface area contributed by atoms with Crippen molar-refractivity contribution in [1.82, 2.24) is 4.98 Å². The summed E-state index contributed by atoms with van der Waals surface area (Å²) in [5, 5.41) is 3.06. The molecule has 0 radical (unpaired) electrons. The summed E-state index contributed by atoms with van der Waals surface area (Å²) >= 11 is 0. The van der Waals surface area contributed by atoms with Crippen LogP contribution in [0.25, 0.3) is 0 Å². The number of methoxy groups -OCH3 is 1. The number of halogens is 1. The van der Waals surface area contributed by atoms with Crippen LogP contribution in [0.2, 0.25) is 0 Å². The zero-order chi connectivity index (χ0) is 16.7. The predicted octanol–water partition coefficient (Wildman–Crippen LogP) is 3.66. The maximum atomic E-state index is 14.5. The normalized spacial score (nSPS) is 19.0. The Kier molecular flexibility index (Phi) is 3.67. The lowest BCUT2D eigenvalue weighted by Crippen LogP contribution is -2.23. The number of fused-ring (bicyclic) bond motifs is 1. The van der Waals surface area contributed by atoms with Crippen molar-refractivity contribution in [3.63, 3.8) is 0 Å². The van der Waals surface area contributed by atoms with Crippen molar-refractivity contribution in [1.29, 1.82) is 0 Å². The number of nitrogens with one attached hydrogen (secondary N) is 1. The van der Waals surface area contributed by atoms with Gasteiger partial charge < -0.3 is 19.5 Å². The Morgan fingerprint density at radius 2 is 2.12 bits per heavy atom. The van der Waals surface area contributed by atoms with Crippen LogP contribution in [0.1, 0.15) is 36.0 Å². The van der Waals surface area contributed by atoms with E-state index in [0.29, 0.717) is 24.2 Å². The quantitative estimate of drug-likeness (QED) is 0.927. The van der Waals surface area contributed by atoms with Gasteiger partial charge in [0.25, 0.3) is 0 Å². The highest BCUT2D eigenvalue weighted by Gasteiger charge is 2.36. The molecular weight excluding hydrogens is 311 g/mol. The van der Waals surface area contributed by atoms with Gasteiger partial charge in [0, 0.05) is 42.2 Å². The van der Waals surface area contributed by atoms with E-state index in [-0.39, 0.29) is 5.75 Å². The molecule has 24 heavy (non-hydrogen) atoms. The molecule has 126 valence electrons. The third-order valence-corrected chi connectivity index (χ3v) is 4.46. The van der Waals surface area contributed by atoms with E-state index >= 15 is 0 Å². The highest BCUT2D eigenvalue weighted by Crippen LogP contribution is 2.53. The molecule has 1 aliphatic carbocycles. The number of nitrogens with zero attached hydrogens (tertiary/aromatic N) is 1. The van der Waals surface area contributed by atoms with Gasteiger partial charge in [-0.25, -0.2) is 9.37 Å². The van der Waals surface area contributed by atoms with Gasteiger partial charge in [0.15, 0.2) is 23.4 Å². The summed E-state index contributed by atoms with van der Waals surface area (Å²) < 4.78 is 31.4. The number of aromatic nitrogens is 1. The van der Waals surface area contributed by atoms with E-state index in [9.17, 15) is 4.39 Å². The van der Waals surface area contributed by atoms with Gasteiger partial charge in [-0.3, -0.25) is 0 Å². The second-order valence-corrected chi connectivity index (χ2v) is 6.05. The molecule has 6 heteroatoms. The molecule has 0 amide bonds. The molecule has 5 nitrogen and oxygen atoms in total. The maximum Gasteiger partial charge on any atom is 0.212 e. The van der Waals surface area contributed by atoms with Crippen molar-refractivity contribution >= 4 is 5.69 Å². The molecule has 0 bridgehead atoms. The second kappa shape index (κ2) is 5.85. The van der Waals surface area contributed by atoms with Crippen molar-refractivity contribution < 1.29 is 18.6 Å². The summed E-state index contributed by atoms with van der Waals surface area (Å²) in [7, 11) is 3.36. The maximum absolute atomic E-state index is 14.5. The van der Waals surface area contributed by atoms with Crippen LogP contribution < -0.4 is 19.5 Å². The molecule has 1 fully saturated rings. The van der Waals surface area contributed by atoms with Gasteiger partial charge >= 0.3 is 0 Å². The molecule has 2 aliphatic rings. The van der Waals surface area contributed by atoms with Crippen LogP contribution >= 0.6 is 0 Å². The van der Waals surface area contributed by atoms with Crippen molar-refractivity contribution in [3.05, 3.63) is 41.3 Å². The SMILES string of the molecule is CNc1cc(F)c2c(c1C1CC1)OCC(c1ccc(OC)nc1)O2. The van der Waals surface area contributed by atoms with Crippen molar-refractivity contribution in [2.24, 2.45) is 0 Å². The van der Waals surface area contributed by atoms with Crippen LogP contribution in [0.15, 0.2) is 24.4 Å². The molecule has 1 aromatic heterocycles. The predicted molar refractivity (Wildman–Crippen MR) is 87.6 cm³/mol. The summed E-state index contributed by atoms with van der Waals surface area (Å²) in [5.74, 6) is 1.27. The summed E-state index contributed by atoms with van der Waals surface area (Å²) in [4.78, 5) is 4.17. The fourth-order valence-corrected chi connectivity index (χ4v) is 3.06. The zero-order valence-electron chi connectivity index (χ0n) is 13.6. The minimum absolute atomic E-state index is 0.197. The largest absolute Gasteiger partial charge is 0.485 e. The lowest BCUT2D eigenvalue weighted by molar-refractivity contribution is 0.0845. The van der Waals surface area contributed by atoms with Crippen LogP contribution in [0.4, 0.5) is 10.1 Å². The summed E-state index contributed by atoms with van der Waals surface area (Å²) in [5.41, 5.74) is 2.63. The summed E-state index contributed by atoms with van der Waals surface area (Å²) in [6, 6.07) is 5.10. The lowest BCUT2D eigenvalue weighted by atomic mass is 10.0. The molecule has 0 saturated heterocycles. The monoisotopic (exact) mass is 330 g/mol. The number of rotatable bonds is 4. The standard InChI is InChI=1S/C18H19FN2O3/c1-20-13-7-12(19)17-18(16(13)10-3-4-10)23-9-14(24-17)11-5-6-15(22-2)21-8-11/h5-8,10,14,20H,3-4,9H2,1-2H3. The minimum Gasteiger partial charge on any atom is -0.485 e. The van der Waals surface area contributed by atoms with Crippen molar-refractivity contribution in [2.75, 3.05) is 26.1 Å². The summed E-state index contributed by atoms with van der Waals surface area (Å²) in [6.07, 6.45) is 3.47. The average molecular weight is 330 g/mol. The first-order valence-electron chi connectivity index (χ1n) is 8.04. The van der Waals surface area contributed by atoms with Crippen LogP contribution in [0, 0.1) is 5.82 Å². The molecule has 4 rings (SSSR count). The molecule has 1 atom stereocenters. The van der Waals surface area contributed by atoms with E-state index in [1.807, 2.05) is 6.07 Å². The Hall–Kier alpha value is -2.50. The van der Waals surface area contributed by atoms with E-state index in [2.05, 4.69) is 10.3 Å². The number of anilines is 1. The number of hydrogen-bond donors (Lipinski definition) is 1. The number of benzene rings is 1. The molecule has 1 N–H and O–H groups in total. The topological polar surface area (TPSA) is 52.6 Å². The first-order chi connectivity index (χ1) is 11.7. The van der Waals surface area contributed by atoms with E-state index in [1.165, 1.54) is 6.07 Å². The van der Waals surface area contributed by atoms with Gasteiger partial charge in [-0.15, -0.1) is 0 Å². The fraction of sp³-hybridized carbons (Fsp3) is 0.389. The first-order valence-corrected chi connectivity index (χ1v) is 8.04. The van der Waals surface area contributed by atoms with E-state index in [1.54, 1.807) is 26.4 Å². The summed E-state index contributed by atoms with van der Waals surface area (Å²) in [6.45, 7) is 0.327. The fourth-order valence-electron chi connectivity index (χ4n) is 3.06. The third-order valence-electron chi connectivity index (χ3n) is 4.46. The molecule has 1 unspecified atom stereocenters. The Balaban J connectivity index is 1.68. The van der Waals surface area contributed by atoms with Gasteiger partial charge in [-0.2, -0.15) is 0 Å². The van der Waals surface area contributed by atoms with Crippen LogP contribution in [-0.2, 0) is 0 Å². The highest BCUT2D eigenvalue weighted by molar-refractivity contribution is 5.66. The number of hydrogen-bond acceptors (Lipinski definition) is 5. The average Bonchev–Trinajstić information content (AvgIpc) is 3.46. The second-order valence-electron chi connectivity index (χ2n) is 6.05. The van der Waals surface area contributed by atoms with E-state index < -0.39 is 11.9 Å². The zero-order valence-corrected chi connectivity index (χ0v) is 13.6. The Labute approximate surface area is 139 Å². The molecular formula is C18H19FN2O3. The van der Waals surface area contributed by atoms with Crippen molar-refractivity contribution in [2.45, 2.75) is 24.9 Å². The Bertz CT molecular complexity index is 760. The highest BCUT2D eigenvalue weighted by atomic mass is 19.1. The van der Waals surface area contributed by atoms with Crippen LogP contribution in [0.5, 0.6) is 17.4 Å². The Morgan fingerprint density at radius 1 is 1.29 bits per heavy atom. The van der Waals surface area contributed by atoms with Crippen LogP contribution in [-0.4, -0.2) is 25.7 Å². The molecule has 0 spiro atoms. The van der Waals surface area contributed by atoms with Gasteiger partial charge in [-0.1, -0.05) is 0 Å². The van der Waals surface area contributed by atoms with Gasteiger partial charge in [0.2, 0.25) is 5.88 Å². The third kappa shape index (κ3) is 2.52. The molecule has 1 aromatic carbocycles. The first kappa shape index (κ1) is 15.1. The molecule has 2 aromatic rings. The smallest absolute Gasteiger partial charge is 0.212 e. The van der Waals surface area contributed by atoms with Gasteiger partial charge in [0.05, 0.1) is 7.11 Å². The lowest BCUT2D eigenvalue weighted by Gasteiger charge is -2.29. The van der Waals surface area contributed by atoms with E-state index in [4.69, 9.17) is 14.2 Å². The molecule has 1 saturated carbocycles. The molecule has 1 aliphatic heterocycles.